The van der Waals surface area contributed by atoms with Crippen molar-refractivity contribution in [3.05, 3.63) is 74.0 Å². The van der Waals surface area contributed by atoms with Crippen LogP contribution in [0, 0.1) is 0 Å². The third-order valence-electron chi connectivity index (χ3n) is 4.85. The molecule has 13 heteroatoms. The van der Waals surface area contributed by atoms with Gasteiger partial charge in [-0.2, -0.15) is 18.2 Å². The molecule has 0 saturated carbocycles. The number of carbonyl (C=O) groups is 2. The minimum Gasteiger partial charge on any atom is -0.326 e. The Labute approximate surface area is 199 Å². The van der Waals surface area contributed by atoms with Crippen molar-refractivity contribution >= 4 is 58.2 Å². The van der Waals surface area contributed by atoms with E-state index < -0.39 is 35.0 Å². The van der Waals surface area contributed by atoms with E-state index in [2.05, 4.69) is 25.9 Å². The summed E-state index contributed by atoms with van der Waals surface area (Å²) in [6, 6.07) is 8.62. The Hall–Kier alpha value is -3.57. The minimum atomic E-state index is -4.56. The second-order valence-electron chi connectivity index (χ2n) is 7.33. The molecule has 8 nitrogen and oxygen atoms in total. The molecule has 1 aromatic heterocycles. The maximum atomic E-state index is 13.0. The molecule has 4 rings (SSSR count). The maximum absolute atomic E-state index is 13.0. The monoisotopic (exact) mass is 511 g/mol. The average Bonchev–Trinajstić information content (AvgIpc) is 2.71. The van der Waals surface area contributed by atoms with Crippen LogP contribution in [0.2, 0.25) is 10.0 Å². The van der Waals surface area contributed by atoms with Gasteiger partial charge < -0.3 is 16.0 Å². The number of halogens is 5. The van der Waals surface area contributed by atoms with E-state index in [0.29, 0.717) is 0 Å². The number of hydrogen-bond acceptors (Lipinski definition) is 5. The number of benzene rings is 2. The van der Waals surface area contributed by atoms with Crippen LogP contribution in [0.1, 0.15) is 23.5 Å². The minimum absolute atomic E-state index is 0.00666. The standard InChI is InChI=1S/C21H14Cl2F3N5O3/c22-10-5-11(23)7-13(6-10)27-18(33)14-8-15(32)29-17-16(14)19(34)31-20(30-17)28-12-3-1-2-9(4-12)21(24,25)26/h1-7,14H,8H2,(H,27,33)(H3,28,29,30,31,32,34). The molecule has 176 valence electrons. The molecule has 0 saturated heterocycles. The predicted molar refractivity (Wildman–Crippen MR) is 121 cm³/mol. The number of nitrogens with zero attached hydrogens (tertiary/aromatic N) is 1. The molecular formula is C21H14Cl2F3N5O3. The molecule has 2 aromatic carbocycles. The molecule has 0 fully saturated rings. The molecule has 0 spiro atoms. The van der Waals surface area contributed by atoms with E-state index in [4.69, 9.17) is 23.2 Å². The quantitative estimate of drug-likeness (QED) is 0.397. The second kappa shape index (κ2) is 8.99. The highest BCUT2D eigenvalue weighted by Gasteiger charge is 2.35. The van der Waals surface area contributed by atoms with Gasteiger partial charge in [-0.05, 0) is 36.4 Å². The fourth-order valence-electron chi connectivity index (χ4n) is 3.42. The zero-order valence-electron chi connectivity index (χ0n) is 16.9. The summed E-state index contributed by atoms with van der Waals surface area (Å²) in [4.78, 5) is 44.3. The van der Waals surface area contributed by atoms with Crippen LogP contribution in [0.3, 0.4) is 0 Å². The van der Waals surface area contributed by atoms with Crippen molar-refractivity contribution in [2.45, 2.75) is 18.5 Å². The number of amides is 2. The van der Waals surface area contributed by atoms with Gasteiger partial charge in [0.1, 0.15) is 5.82 Å². The Bertz CT molecular complexity index is 1340. The first-order chi connectivity index (χ1) is 16.0. The van der Waals surface area contributed by atoms with Gasteiger partial charge in [0.05, 0.1) is 17.0 Å². The smallest absolute Gasteiger partial charge is 0.326 e. The van der Waals surface area contributed by atoms with Gasteiger partial charge in [-0.25, -0.2) is 0 Å². The fourth-order valence-corrected chi connectivity index (χ4v) is 3.95. The third kappa shape index (κ3) is 5.15. The molecular weight excluding hydrogens is 498 g/mol. The number of carbonyl (C=O) groups excluding carboxylic acids is 2. The lowest BCUT2D eigenvalue weighted by Gasteiger charge is -2.23. The lowest BCUT2D eigenvalue weighted by Crippen LogP contribution is -2.36. The zero-order valence-corrected chi connectivity index (χ0v) is 18.4. The van der Waals surface area contributed by atoms with Crippen LogP contribution in [-0.4, -0.2) is 21.8 Å². The molecule has 4 N–H and O–H groups in total. The number of aromatic amines is 1. The molecule has 1 aliphatic rings. The Morgan fingerprint density at radius 3 is 2.44 bits per heavy atom. The maximum Gasteiger partial charge on any atom is 0.416 e. The lowest BCUT2D eigenvalue weighted by atomic mass is 9.92. The van der Waals surface area contributed by atoms with Gasteiger partial charge >= 0.3 is 6.18 Å². The Morgan fingerprint density at radius 2 is 1.76 bits per heavy atom. The van der Waals surface area contributed by atoms with Crippen molar-refractivity contribution in [2.24, 2.45) is 0 Å². The van der Waals surface area contributed by atoms with Crippen molar-refractivity contribution in [1.82, 2.24) is 9.97 Å². The van der Waals surface area contributed by atoms with Gasteiger partial charge in [-0.15, -0.1) is 0 Å². The highest BCUT2D eigenvalue weighted by Crippen LogP contribution is 2.33. The van der Waals surface area contributed by atoms with Gasteiger partial charge in [0, 0.05) is 27.8 Å². The molecule has 3 aromatic rings. The normalized spacial score (nSPS) is 15.3. The van der Waals surface area contributed by atoms with E-state index in [9.17, 15) is 27.6 Å². The first kappa shape index (κ1) is 23.6. The molecule has 0 aliphatic carbocycles. The number of alkyl halides is 3. The van der Waals surface area contributed by atoms with Crippen molar-refractivity contribution in [3.8, 4) is 0 Å². The van der Waals surface area contributed by atoms with Crippen molar-refractivity contribution in [1.29, 1.82) is 0 Å². The number of hydrogen-bond donors (Lipinski definition) is 4. The first-order valence-electron chi connectivity index (χ1n) is 9.65. The Morgan fingerprint density at radius 1 is 1.06 bits per heavy atom. The molecule has 2 heterocycles. The van der Waals surface area contributed by atoms with Crippen molar-refractivity contribution < 1.29 is 22.8 Å². The molecule has 0 bridgehead atoms. The summed E-state index contributed by atoms with van der Waals surface area (Å²) in [5.41, 5.74) is -1.47. The summed E-state index contributed by atoms with van der Waals surface area (Å²) in [6.07, 6.45) is -4.88. The van der Waals surface area contributed by atoms with Crippen LogP contribution in [0.4, 0.5) is 36.3 Å². The van der Waals surface area contributed by atoms with Gasteiger partial charge in [0.25, 0.3) is 5.56 Å². The lowest BCUT2D eigenvalue weighted by molar-refractivity contribution is -0.137. The molecule has 2 amide bonds. The van der Waals surface area contributed by atoms with Crippen LogP contribution in [0.15, 0.2) is 47.3 Å². The number of anilines is 4. The highest BCUT2D eigenvalue weighted by atomic mass is 35.5. The van der Waals surface area contributed by atoms with Crippen molar-refractivity contribution in [3.63, 3.8) is 0 Å². The molecule has 34 heavy (non-hydrogen) atoms. The summed E-state index contributed by atoms with van der Waals surface area (Å²) in [6.45, 7) is 0. The van der Waals surface area contributed by atoms with E-state index in [1.165, 1.54) is 30.3 Å². The van der Waals surface area contributed by atoms with Crippen LogP contribution >= 0.6 is 23.2 Å². The zero-order chi connectivity index (χ0) is 24.6. The Balaban J connectivity index is 1.63. The third-order valence-corrected chi connectivity index (χ3v) is 5.29. The van der Waals surface area contributed by atoms with E-state index >= 15 is 0 Å². The summed E-state index contributed by atoms with van der Waals surface area (Å²) in [7, 11) is 0. The topological polar surface area (TPSA) is 116 Å². The van der Waals surface area contributed by atoms with E-state index in [1.807, 2.05) is 0 Å². The number of fused-ring (bicyclic) bond motifs is 1. The largest absolute Gasteiger partial charge is 0.416 e. The average molecular weight is 512 g/mol. The fraction of sp³-hybridized carbons (Fsp3) is 0.143. The summed E-state index contributed by atoms with van der Waals surface area (Å²) in [5, 5.41) is 8.10. The second-order valence-corrected chi connectivity index (χ2v) is 8.21. The summed E-state index contributed by atoms with van der Waals surface area (Å²) in [5.74, 6) is -2.81. The van der Waals surface area contributed by atoms with Crippen LogP contribution in [-0.2, 0) is 15.8 Å². The van der Waals surface area contributed by atoms with Gasteiger partial charge in [-0.1, -0.05) is 29.3 Å². The Kier molecular flexibility index (Phi) is 6.24. The van der Waals surface area contributed by atoms with Crippen LogP contribution < -0.4 is 21.5 Å². The molecule has 0 radical (unpaired) electrons. The molecule has 1 aliphatic heterocycles. The summed E-state index contributed by atoms with van der Waals surface area (Å²) < 4.78 is 38.9. The number of rotatable bonds is 4. The van der Waals surface area contributed by atoms with Gasteiger partial charge in [-0.3, -0.25) is 19.4 Å². The summed E-state index contributed by atoms with van der Waals surface area (Å²) >= 11 is 11.9. The van der Waals surface area contributed by atoms with E-state index in [-0.39, 0.29) is 45.2 Å². The highest BCUT2D eigenvalue weighted by molar-refractivity contribution is 6.35. The predicted octanol–water partition coefficient (Wildman–Crippen LogP) is 4.90. The number of aromatic nitrogens is 2. The van der Waals surface area contributed by atoms with Crippen LogP contribution in [0.5, 0.6) is 0 Å². The van der Waals surface area contributed by atoms with Crippen LogP contribution in [0.25, 0.3) is 0 Å². The molecule has 1 unspecified atom stereocenters. The molecule has 1 atom stereocenters. The van der Waals surface area contributed by atoms with Gasteiger partial charge in [0.15, 0.2) is 0 Å². The van der Waals surface area contributed by atoms with Gasteiger partial charge in [0.2, 0.25) is 17.8 Å². The van der Waals surface area contributed by atoms with Crippen molar-refractivity contribution in [2.75, 3.05) is 16.0 Å². The number of nitrogens with one attached hydrogen (secondary N) is 4. The van der Waals surface area contributed by atoms with E-state index in [0.717, 1.165) is 12.1 Å². The SMILES string of the molecule is O=C1CC(C(=O)Nc2cc(Cl)cc(Cl)c2)c2c(nc(Nc3cccc(C(F)(F)F)c3)[nH]c2=O)N1. The first-order valence-corrected chi connectivity index (χ1v) is 10.4. The van der Waals surface area contributed by atoms with E-state index in [1.54, 1.807) is 0 Å². The number of H-pyrrole nitrogens is 1.